The first-order valence-electron chi connectivity index (χ1n) is 12.7. The van der Waals surface area contributed by atoms with Gasteiger partial charge in [-0.1, -0.05) is 13.0 Å². The van der Waals surface area contributed by atoms with Crippen molar-refractivity contribution in [1.29, 1.82) is 0 Å². The third-order valence-corrected chi connectivity index (χ3v) is 6.33. The molecule has 11 nitrogen and oxygen atoms in total. The molecule has 4 rings (SSSR count). The largest absolute Gasteiger partial charge is 0.494 e. The number of hydrogen-bond acceptors (Lipinski definition) is 11. The highest BCUT2D eigenvalue weighted by Gasteiger charge is 2.23. The Morgan fingerprint density at radius 3 is 2.17 bits per heavy atom. The number of methoxy groups -OCH3 is 2. The van der Waals surface area contributed by atoms with Crippen LogP contribution in [0.2, 0.25) is 0 Å². The van der Waals surface area contributed by atoms with Crippen LogP contribution >= 0.6 is 11.9 Å². The molecule has 1 unspecified atom stereocenters. The SMILES string of the molecule is CC(C)(O)CO.COc1cccc(OC)c1-n1c(NSC(C)Cc2ncc(C)cn2)nnc1-c1cncc(C)c1. The van der Waals surface area contributed by atoms with Crippen molar-refractivity contribution < 1.29 is 19.7 Å². The van der Waals surface area contributed by atoms with Crippen LogP contribution in [-0.4, -0.2) is 71.6 Å². The summed E-state index contributed by atoms with van der Waals surface area (Å²) in [5.74, 6) is 3.23. The van der Waals surface area contributed by atoms with E-state index in [2.05, 4.69) is 36.8 Å². The van der Waals surface area contributed by atoms with Crippen molar-refractivity contribution in [3.63, 3.8) is 0 Å². The third kappa shape index (κ3) is 8.38. The summed E-state index contributed by atoms with van der Waals surface area (Å²) >= 11 is 1.53. The minimum Gasteiger partial charge on any atom is -0.494 e. The van der Waals surface area contributed by atoms with Crippen LogP contribution in [0.3, 0.4) is 0 Å². The van der Waals surface area contributed by atoms with E-state index in [1.165, 1.54) is 11.9 Å². The highest BCUT2D eigenvalue weighted by atomic mass is 32.2. The molecule has 12 heteroatoms. The van der Waals surface area contributed by atoms with Crippen LogP contribution < -0.4 is 14.2 Å². The average molecular weight is 568 g/mol. The van der Waals surface area contributed by atoms with Gasteiger partial charge in [0, 0.05) is 42.0 Å². The number of aliphatic hydroxyl groups excluding tert-OH is 1. The summed E-state index contributed by atoms with van der Waals surface area (Å²) in [6.45, 7) is 9.00. The van der Waals surface area contributed by atoms with E-state index >= 15 is 0 Å². The van der Waals surface area contributed by atoms with Gasteiger partial charge in [-0.25, -0.2) is 9.97 Å². The van der Waals surface area contributed by atoms with E-state index in [0.717, 1.165) is 22.5 Å². The topological polar surface area (TPSA) is 140 Å². The Bertz CT molecular complexity index is 1350. The fourth-order valence-corrected chi connectivity index (χ4v) is 4.13. The summed E-state index contributed by atoms with van der Waals surface area (Å²) in [5.41, 5.74) is 2.69. The molecule has 0 bridgehead atoms. The molecule has 0 radical (unpaired) electrons. The van der Waals surface area contributed by atoms with Crippen molar-refractivity contribution >= 4 is 17.9 Å². The lowest BCUT2D eigenvalue weighted by Gasteiger charge is -2.18. The maximum atomic E-state index is 8.58. The Morgan fingerprint density at radius 2 is 1.62 bits per heavy atom. The standard InChI is InChI=1S/C24H27N7O2S.C4H10O2/c1-15-9-18(14-25-11-15)23-28-29-24(30-34-17(3)10-21-26-12-16(2)13-27-21)31(23)22-19(32-4)7-6-8-20(22)33-5;1-4(2,6)3-5/h6-9,11-14,17H,10H2,1-5H3,(H,29,30);5-6H,3H2,1-2H3. The number of hydrogen-bond donors (Lipinski definition) is 3. The number of aliphatic hydroxyl groups is 2. The van der Waals surface area contributed by atoms with Crippen molar-refractivity contribution in [2.24, 2.45) is 0 Å². The molecule has 0 amide bonds. The van der Waals surface area contributed by atoms with Gasteiger partial charge in [0.1, 0.15) is 23.0 Å². The molecule has 0 saturated heterocycles. The Kier molecular flexibility index (Phi) is 10.8. The second-order valence-electron chi connectivity index (χ2n) is 9.83. The Morgan fingerprint density at radius 1 is 1.00 bits per heavy atom. The molecule has 1 atom stereocenters. The number of ether oxygens (including phenoxy) is 2. The molecule has 1 aromatic carbocycles. The molecule has 0 aliphatic rings. The lowest BCUT2D eigenvalue weighted by Crippen LogP contribution is -2.23. The molecular weight excluding hydrogens is 530 g/mol. The van der Waals surface area contributed by atoms with Gasteiger partial charge in [0.25, 0.3) is 0 Å². The molecule has 3 N–H and O–H groups in total. The van der Waals surface area contributed by atoms with Crippen molar-refractivity contribution in [3.8, 4) is 28.6 Å². The Hall–Kier alpha value is -3.74. The van der Waals surface area contributed by atoms with E-state index in [9.17, 15) is 0 Å². The van der Waals surface area contributed by atoms with E-state index in [0.29, 0.717) is 35.4 Å². The minimum absolute atomic E-state index is 0.174. The summed E-state index contributed by atoms with van der Waals surface area (Å²) in [5, 5.41) is 25.8. The molecule has 0 saturated carbocycles. The number of anilines is 1. The molecule has 0 fully saturated rings. The van der Waals surface area contributed by atoms with Gasteiger partial charge in [-0.15, -0.1) is 10.2 Å². The first-order chi connectivity index (χ1) is 19.1. The second-order valence-corrected chi connectivity index (χ2v) is 11.1. The third-order valence-electron chi connectivity index (χ3n) is 5.46. The normalized spacial score (nSPS) is 11.8. The maximum absolute atomic E-state index is 8.58. The summed E-state index contributed by atoms with van der Waals surface area (Å²) in [6.07, 6.45) is 7.94. The van der Waals surface area contributed by atoms with Gasteiger partial charge < -0.3 is 19.7 Å². The monoisotopic (exact) mass is 567 g/mol. The van der Waals surface area contributed by atoms with E-state index in [1.54, 1.807) is 40.5 Å². The highest BCUT2D eigenvalue weighted by Crippen LogP contribution is 2.38. The molecule has 0 spiro atoms. The highest BCUT2D eigenvalue weighted by molar-refractivity contribution is 8.01. The van der Waals surface area contributed by atoms with Crippen molar-refractivity contribution in [3.05, 3.63) is 66.0 Å². The summed E-state index contributed by atoms with van der Waals surface area (Å²) in [7, 11) is 3.25. The maximum Gasteiger partial charge on any atom is 0.239 e. The first kappa shape index (κ1) is 30.8. The number of pyridine rings is 1. The summed E-state index contributed by atoms with van der Waals surface area (Å²) in [4.78, 5) is 13.2. The molecule has 3 aromatic heterocycles. The van der Waals surface area contributed by atoms with Crippen molar-refractivity contribution in [2.45, 2.75) is 51.9 Å². The van der Waals surface area contributed by atoms with Gasteiger partial charge in [0.2, 0.25) is 5.95 Å². The van der Waals surface area contributed by atoms with E-state index in [1.807, 2.05) is 55.1 Å². The quantitative estimate of drug-likeness (QED) is 0.238. The van der Waals surface area contributed by atoms with Crippen LogP contribution in [-0.2, 0) is 6.42 Å². The van der Waals surface area contributed by atoms with Crippen LogP contribution in [0.1, 0.15) is 37.7 Å². The van der Waals surface area contributed by atoms with E-state index in [4.69, 9.17) is 19.7 Å². The van der Waals surface area contributed by atoms with Gasteiger partial charge >= 0.3 is 0 Å². The molecule has 3 heterocycles. The van der Waals surface area contributed by atoms with Gasteiger partial charge in [-0.3, -0.25) is 14.3 Å². The number of benzene rings is 1. The number of aromatic nitrogens is 6. The lowest BCUT2D eigenvalue weighted by molar-refractivity contribution is 0.0183. The molecule has 40 heavy (non-hydrogen) atoms. The van der Waals surface area contributed by atoms with Crippen LogP contribution in [0.15, 0.2) is 49.1 Å². The molecule has 0 aliphatic heterocycles. The molecule has 0 aliphatic carbocycles. The summed E-state index contributed by atoms with van der Waals surface area (Å²) < 4.78 is 16.6. The zero-order valence-electron chi connectivity index (χ0n) is 23.9. The number of rotatable bonds is 10. The smallest absolute Gasteiger partial charge is 0.239 e. The zero-order valence-corrected chi connectivity index (χ0v) is 24.7. The summed E-state index contributed by atoms with van der Waals surface area (Å²) in [6, 6.07) is 7.66. The number of aryl methyl sites for hydroxylation is 2. The Labute approximate surface area is 239 Å². The number of para-hydroxylation sites is 1. The molecular formula is C28H37N7O4S. The lowest BCUT2D eigenvalue weighted by atomic mass is 10.2. The van der Waals surface area contributed by atoms with Crippen LogP contribution in [0, 0.1) is 13.8 Å². The van der Waals surface area contributed by atoms with Crippen molar-refractivity contribution in [1.82, 2.24) is 29.7 Å². The molecule has 4 aromatic rings. The van der Waals surface area contributed by atoms with Gasteiger partial charge in [-0.2, -0.15) is 0 Å². The van der Waals surface area contributed by atoms with Gasteiger partial charge in [-0.05, 0) is 69.0 Å². The van der Waals surface area contributed by atoms with Crippen LogP contribution in [0.5, 0.6) is 11.5 Å². The zero-order chi connectivity index (χ0) is 29.3. The average Bonchev–Trinajstić information content (AvgIpc) is 3.36. The van der Waals surface area contributed by atoms with E-state index < -0.39 is 5.60 Å². The van der Waals surface area contributed by atoms with E-state index in [-0.39, 0.29) is 11.9 Å². The fraction of sp³-hybridized carbons (Fsp3) is 0.393. The van der Waals surface area contributed by atoms with Crippen LogP contribution in [0.4, 0.5) is 5.95 Å². The predicted octanol–water partition coefficient (Wildman–Crippen LogP) is 4.19. The van der Waals surface area contributed by atoms with Gasteiger partial charge in [0.15, 0.2) is 5.82 Å². The number of nitrogens with one attached hydrogen (secondary N) is 1. The number of nitrogens with zero attached hydrogens (tertiary/aromatic N) is 6. The van der Waals surface area contributed by atoms with Crippen LogP contribution in [0.25, 0.3) is 17.1 Å². The first-order valence-corrected chi connectivity index (χ1v) is 13.6. The predicted molar refractivity (Wildman–Crippen MR) is 157 cm³/mol. The van der Waals surface area contributed by atoms with Crippen molar-refractivity contribution in [2.75, 3.05) is 25.5 Å². The second kappa shape index (κ2) is 14.1. The minimum atomic E-state index is -0.903. The van der Waals surface area contributed by atoms with Gasteiger partial charge in [0.05, 0.1) is 26.4 Å². The Balaban J connectivity index is 0.000000663. The fourth-order valence-electron chi connectivity index (χ4n) is 3.46. The molecule has 214 valence electrons.